The van der Waals surface area contributed by atoms with Crippen LogP contribution in [0.1, 0.15) is 45.1 Å². The number of hydrogen-bond donors (Lipinski definition) is 1. The van der Waals surface area contributed by atoms with E-state index in [1.54, 1.807) is 0 Å². The molecule has 0 aliphatic heterocycles. The standard InChI is InChI=1S/C13H25N3O/c1-4-7-16(8-5-2)11-13-9-12(15-17-13)10-14-6-3/h9,14H,4-8,10-11H2,1-3H3. The Hall–Kier alpha value is -0.870. The maximum absolute atomic E-state index is 5.35. The fourth-order valence-corrected chi connectivity index (χ4v) is 1.89. The topological polar surface area (TPSA) is 41.3 Å². The lowest BCUT2D eigenvalue weighted by Gasteiger charge is -2.18. The average Bonchev–Trinajstić information content (AvgIpc) is 2.75. The molecule has 0 aromatic carbocycles. The van der Waals surface area contributed by atoms with Crippen LogP contribution in [0.25, 0.3) is 0 Å². The van der Waals surface area contributed by atoms with Crippen LogP contribution in [0, 0.1) is 0 Å². The van der Waals surface area contributed by atoms with E-state index in [4.69, 9.17) is 4.52 Å². The highest BCUT2D eigenvalue weighted by atomic mass is 16.5. The molecule has 1 aromatic heterocycles. The minimum absolute atomic E-state index is 0.793. The van der Waals surface area contributed by atoms with Gasteiger partial charge in [0.05, 0.1) is 12.2 Å². The van der Waals surface area contributed by atoms with E-state index in [0.29, 0.717) is 0 Å². The van der Waals surface area contributed by atoms with Crippen LogP contribution in [-0.4, -0.2) is 29.7 Å². The van der Waals surface area contributed by atoms with Gasteiger partial charge in [-0.1, -0.05) is 25.9 Å². The van der Waals surface area contributed by atoms with Crippen molar-refractivity contribution in [1.29, 1.82) is 0 Å². The van der Waals surface area contributed by atoms with Crippen molar-refractivity contribution >= 4 is 0 Å². The van der Waals surface area contributed by atoms with Gasteiger partial charge in [0, 0.05) is 12.6 Å². The molecule has 0 saturated carbocycles. The van der Waals surface area contributed by atoms with Gasteiger partial charge in [0.2, 0.25) is 0 Å². The van der Waals surface area contributed by atoms with E-state index in [-0.39, 0.29) is 0 Å². The molecule has 0 aliphatic carbocycles. The fourth-order valence-electron chi connectivity index (χ4n) is 1.89. The Kier molecular flexibility index (Phi) is 6.89. The van der Waals surface area contributed by atoms with Crippen LogP contribution in [0.15, 0.2) is 10.6 Å². The predicted molar refractivity (Wildman–Crippen MR) is 69.7 cm³/mol. The van der Waals surface area contributed by atoms with Crippen LogP contribution >= 0.6 is 0 Å². The van der Waals surface area contributed by atoms with Gasteiger partial charge in [-0.3, -0.25) is 4.90 Å². The first-order valence-electron chi connectivity index (χ1n) is 6.67. The molecular weight excluding hydrogens is 214 g/mol. The van der Waals surface area contributed by atoms with Gasteiger partial charge in [-0.2, -0.15) is 0 Å². The van der Waals surface area contributed by atoms with Gasteiger partial charge in [0.25, 0.3) is 0 Å². The minimum atomic E-state index is 0.793. The summed E-state index contributed by atoms with van der Waals surface area (Å²) in [5.41, 5.74) is 0.995. The Bertz CT molecular complexity index is 293. The summed E-state index contributed by atoms with van der Waals surface area (Å²) in [4.78, 5) is 2.41. The summed E-state index contributed by atoms with van der Waals surface area (Å²) in [5.74, 6) is 0.972. The van der Waals surface area contributed by atoms with E-state index in [1.165, 1.54) is 12.8 Å². The molecule has 0 fully saturated rings. The summed E-state index contributed by atoms with van der Waals surface area (Å²) in [5, 5.41) is 7.31. The van der Waals surface area contributed by atoms with E-state index in [0.717, 1.165) is 44.2 Å². The minimum Gasteiger partial charge on any atom is -0.360 e. The molecule has 0 saturated heterocycles. The van der Waals surface area contributed by atoms with Crippen LogP contribution in [0.4, 0.5) is 0 Å². The Balaban J connectivity index is 2.45. The van der Waals surface area contributed by atoms with Crippen molar-refractivity contribution in [3.05, 3.63) is 17.5 Å². The van der Waals surface area contributed by atoms with Crippen molar-refractivity contribution < 1.29 is 4.52 Å². The number of nitrogens with zero attached hydrogens (tertiary/aromatic N) is 2. The predicted octanol–water partition coefficient (Wildman–Crippen LogP) is 2.41. The first-order valence-corrected chi connectivity index (χ1v) is 6.67. The van der Waals surface area contributed by atoms with Crippen LogP contribution in [0.2, 0.25) is 0 Å². The van der Waals surface area contributed by atoms with E-state index in [9.17, 15) is 0 Å². The van der Waals surface area contributed by atoms with Crippen molar-refractivity contribution in [2.45, 2.75) is 46.7 Å². The van der Waals surface area contributed by atoms with Crippen LogP contribution in [0.3, 0.4) is 0 Å². The molecule has 1 heterocycles. The van der Waals surface area contributed by atoms with Crippen molar-refractivity contribution in [3.8, 4) is 0 Å². The van der Waals surface area contributed by atoms with E-state index in [2.05, 4.69) is 42.2 Å². The highest BCUT2D eigenvalue weighted by Crippen LogP contribution is 2.08. The summed E-state index contributed by atoms with van der Waals surface area (Å²) in [6.45, 7) is 11.4. The molecule has 0 unspecified atom stereocenters. The van der Waals surface area contributed by atoms with Gasteiger partial charge in [0.1, 0.15) is 0 Å². The fraction of sp³-hybridized carbons (Fsp3) is 0.769. The lowest BCUT2D eigenvalue weighted by molar-refractivity contribution is 0.231. The molecule has 4 nitrogen and oxygen atoms in total. The molecule has 4 heteroatoms. The van der Waals surface area contributed by atoms with E-state index in [1.807, 2.05) is 0 Å². The first-order chi connectivity index (χ1) is 8.30. The third kappa shape index (κ3) is 5.33. The summed E-state index contributed by atoms with van der Waals surface area (Å²) in [7, 11) is 0. The lowest BCUT2D eigenvalue weighted by Crippen LogP contribution is -2.24. The van der Waals surface area contributed by atoms with Gasteiger partial charge >= 0.3 is 0 Å². The van der Waals surface area contributed by atoms with Gasteiger partial charge in [-0.15, -0.1) is 0 Å². The smallest absolute Gasteiger partial charge is 0.151 e. The highest BCUT2D eigenvalue weighted by Gasteiger charge is 2.08. The lowest BCUT2D eigenvalue weighted by atomic mass is 10.3. The monoisotopic (exact) mass is 239 g/mol. The zero-order valence-electron chi connectivity index (χ0n) is 11.3. The molecule has 0 amide bonds. The largest absolute Gasteiger partial charge is 0.360 e. The molecule has 0 radical (unpaired) electrons. The molecule has 0 bridgehead atoms. The van der Waals surface area contributed by atoms with Crippen molar-refractivity contribution in [3.63, 3.8) is 0 Å². The maximum Gasteiger partial charge on any atom is 0.151 e. The van der Waals surface area contributed by atoms with Crippen LogP contribution in [-0.2, 0) is 13.1 Å². The van der Waals surface area contributed by atoms with Crippen LogP contribution < -0.4 is 5.32 Å². The molecule has 1 rings (SSSR count). The number of aromatic nitrogens is 1. The zero-order valence-corrected chi connectivity index (χ0v) is 11.3. The second kappa shape index (κ2) is 8.25. The molecule has 1 aromatic rings. The van der Waals surface area contributed by atoms with E-state index < -0.39 is 0 Å². The Labute approximate surface area is 104 Å². The highest BCUT2D eigenvalue weighted by molar-refractivity contribution is 5.05. The third-order valence-corrected chi connectivity index (χ3v) is 2.62. The molecule has 0 spiro atoms. The van der Waals surface area contributed by atoms with Crippen LogP contribution in [0.5, 0.6) is 0 Å². The molecule has 1 N–H and O–H groups in total. The zero-order chi connectivity index (χ0) is 12.5. The quantitative estimate of drug-likeness (QED) is 0.718. The maximum atomic E-state index is 5.35. The average molecular weight is 239 g/mol. The number of hydrogen-bond acceptors (Lipinski definition) is 4. The second-order valence-corrected chi connectivity index (χ2v) is 4.34. The van der Waals surface area contributed by atoms with Gasteiger partial charge in [-0.05, 0) is 32.5 Å². The van der Waals surface area contributed by atoms with Gasteiger partial charge in [0.15, 0.2) is 5.76 Å². The Morgan fingerprint density at radius 2 is 1.94 bits per heavy atom. The Morgan fingerprint density at radius 1 is 1.24 bits per heavy atom. The van der Waals surface area contributed by atoms with Gasteiger partial charge in [-0.25, -0.2) is 0 Å². The summed E-state index contributed by atoms with van der Waals surface area (Å²) >= 11 is 0. The molecule has 17 heavy (non-hydrogen) atoms. The van der Waals surface area contributed by atoms with Crippen molar-refractivity contribution in [1.82, 2.24) is 15.4 Å². The number of rotatable bonds is 9. The van der Waals surface area contributed by atoms with E-state index >= 15 is 0 Å². The second-order valence-electron chi connectivity index (χ2n) is 4.34. The van der Waals surface area contributed by atoms with Crippen molar-refractivity contribution in [2.24, 2.45) is 0 Å². The SMILES string of the molecule is CCCN(CCC)Cc1cc(CNCC)no1. The summed E-state index contributed by atoms with van der Waals surface area (Å²) in [6, 6.07) is 2.06. The number of nitrogens with one attached hydrogen (secondary N) is 1. The molecule has 0 atom stereocenters. The first kappa shape index (κ1) is 14.2. The molecular formula is C13H25N3O. The van der Waals surface area contributed by atoms with Crippen molar-refractivity contribution in [2.75, 3.05) is 19.6 Å². The third-order valence-electron chi connectivity index (χ3n) is 2.62. The summed E-state index contributed by atoms with van der Waals surface area (Å²) in [6.07, 6.45) is 2.36. The summed E-state index contributed by atoms with van der Waals surface area (Å²) < 4.78 is 5.35. The molecule has 0 aliphatic rings. The van der Waals surface area contributed by atoms with Gasteiger partial charge < -0.3 is 9.84 Å². The normalized spacial score (nSPS) is 11.3. The Morgan fingerprint density at radius 3 is 2.53 bits per heavy atom. The molecule has 98 valence electrons.